The summed E-state index contributed by atoms with van der Waals surface area (Å²) < 4.78 is 1.76. The van der Waals surface area contributed by atoms with Gasteiger partial charge in [-0.25, -0.2) is 4.68 Å². The largest absolute Gasteiger partial charge is 0.487 e. The summed E-state index contributed by atoms with van der Waals surface area (Å²) in [6.07, 6.45) is 3.78. The maximum absolute atomic E-state index is 4.82. The second-order valence-corrected chi connectivity index (χ2v) is 18.9. The molecule has 0 saturated carbocycles. The molecule has 2 aromatic heterocycles. The number of rotatable bonds is 9. The van der Waals surface area contributed by atoms with E-state index in [0.717, 1.165) is 45.4 Å². The minimum absolute atomic E-state index is 0. The normalized spacial score (nSPS) is 11.4. The Bertz CT molecular complexity index is 3520. The number of hydrogen-bond donors (Lipinski definition) is 0. The topological polar surface area (TPSA) is 80.3 Å². The molecule has 0 saturated heterocycles. The number of para-hydroxylation sites is 3. The average Bonchev–Trinajstić information content (AvgIpc) is 4.32. The molecule has 1 aliphatic rings. The SMILES string of the molecule is Cc1cc(-c2ccccc2)cc(C)c1-c1cn(-c2[c-]cccc2)nn1.Cc1cc(-c2ccccc2)cc(C)c1-c1cnn(-c2[c-]cccc2)n1.Cc1cc(-c2ccccc2)cc(C)c1C1=NN(c2[c-]cccc2)[CH-]N1C.[Ir].[Ir].[Ir]. The van der Waals surface area contributed by atoms with Gasteiger partial charge in [0.1, 0.15) is 17.2 Å². The van der Waals surface area contributed by atoms with Crippen molar-refractivity contribution in [3.8, 4) is 67.3 Å². The smallest absolute Gasteiger partial charge is 0.125 e. The van der Waals surface area contributed by atoms with Crippen LogP contribution in [0.4, 0.5) is 5.69 Å². The van der Waals surface area contributed by atoms with Crippen LogP contribution in [0.1, 0.15) is 38.9 Å². The summed E-state index contributed by atoms with van der Waals surface area (Å²) >= 11 is 0. The van der Waals surface area contributed by atoms with E-state index in [1.165, 1.54) is 72.3 Å². The number of benzene rings is 9. The molecule has 0 spiro atoms. The van der Waals surface area contributed by atoms with Gasteiger partial charge in [0.05, 0.1) is 12.4 Å². The number of hydrazone groups is 1. The van der Waals surface area contributed by atoms with Crippen molar-refractivity contribution in [2.24, 2.45) is 5.10 Å². The summed E-state index contributed by atoms with van der Waals surface area (Å²) in [5.74, 6) is 0.955. The van der Waals surface area contributed by atoms with E-state index in [1.807, 2.05) is 122 Å². The molecule has 401 valence electrons. The van der Waals surface area contributed by atoms with Crippen LogP contribution in [-0.2, 0) is 60.3 Å². The van der Waals surface area contributed by atoms with Crippen LogP contribution < -0.4 is 5.01 Å². The van der Waals surface area contributed by atoms with Crippen molar-refractivity contribution in [2.75, 3.05) is 12.1 Å². The molecule has 3 heterocycles. The summed E-state index contributed by atoms with van der Waals surface area (Å²) in [5, 5.41) is 24.4. The minimum Gasteiger partial charge on any atom is -0.487 e. The number of aryl methyl sites for hydroxylation is 6. The van der Waals surface area contributed by atoms with Gasteiger partial charge in [0.25, 0.3) is 0 Å². The molecule has 0 amide bonds. The van der Waals surface area contributed by atoms with E-state index < -0.39 is 0 Å². The maximum atomic E-state index is 4.82. The summed E-state index contributed by atoms with van der Waals surface area (Å²) in [4.78, 5) is 3.69. The van der Waals surface area contributed by atoms with E-state index in [2.05, 4.69) is 194 Å². The van der Waals surface area contributed by atoms with Crippen LogP contribution in [0.5, 0.6) is 0 Å². The molecule has 0 aliphatic carbocycles. The first-order valence-electron chi connectivity index (χ1n) is 25.3. The van der Waals surface area contributed by atoms with Crippen LogP contribution in [0.25, 0.3) is 67.3 Å². The van der Waals surface area contributed by atoms with Crippen molar-refractivity contribution < 1.29 is 60.3 Å². The predicted molar refractivity (Wildman–Crippen MR) is 309 cm³/mol. The van der Waals surface area contributed by atoms with Gasteiger partial charge in [-0.15, -0.1) is 30.0 Å². The van der Waals surface area contributed by atoms with Gasteiger partial charge < -0.3 is 9.91 Å². The average molecular weight is 1560 g/mol. The molecule has 0 atom stereocenters. The van der Waals surface area contributed by atoms with Gasteiger partial charge in [0, 0.05) is 77.0 Å². The van der Waals surface area contributed by atoms with Crippen molar-refractivity contribution in [3.05, 3.63) is 276 Å². The Morgan fingerprint density at radius 1 is 0.418 bits per heavy atom. The van der Waals surface area contributed by atoms with Crippen LogP contribution >= 0.6 is 0 Å². The van der Waals surface area contributed by atoms with E-state index in [1.54, 1.807) is 9.48 Å². The third kappa shape index (κ3) is 13.8. The third-order valence-electron chi connectivity index (χ3n) is 13.2. The molecule has 79 heavy (non-hydrogen) atoms. The summed E-state index contributed by atoms with van der Waals surface area (Å²) in [6, 6.07) is 77.6. The van der Waals surface area contributed by atoms with Crippen LogP contribution in [-0.4, -0.2) is 47.8 Å². The molecule has 11 aromatic rings. The van der Waals surface area contributed by atoms with Gasteiger partial charge in [-0.05, 0) is 127 Å². The van der Waals surface area contributed by atoms with E-state index in [4.69, 9.17) is 5.10 Å². The Balaban J connectivity index is 0.000000168. The van der Waals surface area contributed by atoms with E-state index in [0.29, 0.717) is 0 Å². The number of aromatic nitrogens is 6. The molecule has 1 aliphatic heterocycles. The Labute approximate surface area is 505 Å². The Hall–Kier alpha value is -7.52. The first kappa shape index (κ1) is 59.1. The number of anilines is 1. The molecule has 0 unspecified atom stereocenters. The van der Waals surface area contributed by atoms with Crippen LogP contribution in [0.2, 0.25) is 0 Å². The fourth-order valence-corrected chi connectivity index (χ4v) is 9.75. The molecule has 3 radical (unpaired) electrons. The van der Waals surface area contributed by atoms with Gasteiger partial charge in [-0.1, -0.05) is 138 Å². The summed E-state index contributed by atoms with van der Waals surface area (Å²) in [7, 11) is 2.03. The molecule has 0 fully saturated rings. The van der Waals surface area contributed by atoms with E-state index in [9.17, 15) is 0 Å². The molecule has 9 nitrogen and oxygen atoms in total. The number of hydrogen-bond acceptors (Lipinski definition) is 7. The van der Waals surface area contributed by atoms with Gasteiger partial charge >= 0.3 is 0 Å². The Kier molecular flexibility index (Phi) is 20.5. The fraction of sp³-hybridized carbons (Fsp3) is 0.104. The van der Waals surface area contributed by atoms with Crippen molar-refractivity contribution >= 4 is 11.5 Å². The third-order valence-corrected chi connectivity index (χ3v) is 13.2. The fourth-order valence-electron chi connectivity index (χ4n) is 9.75. The van der Waals surface area contributed by atoms with Crippen LogP contribution in [0, 0.1) is 66.4 Å². The monoisotopic (exact) mass is 1570 g/mol. The van der Waals surface area contributed by atoms with Crippen LogP contribution in [0.15, 0.2) is 218 Å². The first-order chi connectivity index (χ1) is 37.1. The minimum atomic E-state index is 0. The van der Waals surface area contributed by atoms with Gasteiger partial charge in [-0.3, -0.25) is 0 Å². The maximum Gasteiger partial charge on any atom is 0.125 e. The standard InChI is InChI=1S/C23H21N3.2C22H18N3.3Ir/c1-17-14-20(19-10-6-4-7-11-19)15-18(2)22(17)23-24-26(16-25(23)3)21-12-8-5-9-13-21;1-16-13-19(18-9-5-3-6-10-18)14-17(2)22(16)21-15-25(24-23-21)20-11-7-4-8-12-20;1-16-13-19(18-9-5-3-6-10-18)14-17(2)22(16)21-15-23-25(24-21)20-11-7-4-8-12-20;;;/h4-12,14-16H,1-3H3;2*3-11,13-15H,1-2H3;;;/q-2;2*-1;;;. The van der Waals surface area contributed by atoms with Gasteiger partial charge in [0.2, 0.25) is 0 Å². The van der Waals surface area contributed by atoms with Crippen LogP contribution in [0.3, 0.4) is 0 Å². The number of amidine groups is 1. The predicted octanol–water partition coefficient (Wildman–Crippen LogP) is 15.0. The van der Waals surface area contributed by atoms with Crippen molar-refractivity contribution in [1.29, 1.82) is 0 Å². The second-order valence-electron chi connectivity index (χ2n) is 18.9. The van der Waals surface area contributed by atoms with E-state index in [-0.39, 0.29) is 60.3 Å². The molecule has 0 N–H and O–H groups in total. The summed E-state index contributed by atoms with van der Waals surface area (Å²) in [6.45, 7) is 14.8. The number of nitrogens with zero attached hydrogens (tertiary/aromatic N) is 9. The van der Waals surface area contributed by atoms with Gasteiger partial charge in [0.15, 0.2) is 0 Å². The molecule has 12 heteroatoms. The zero-order valence-corrected chi connectivity index (χ0v) is 52.0. The molecule has 12 rings (SSSR count). The van der Waals surface area contributed by atoms with Crippen molar-refractivity contribution in [2.45, 2.75) is 41.5 Å². The molecule has 9 aromatic carbocycles. The zero-order chi connectivity index (χ0) is 52.5. The Morgan fingerprint density at radius 3 is 1.24 bits per heavy atom. The first-order valence-corrected chi connectivity index (χ1v) is 25.3. The van der Waals surface area contributed by atoms with E-state index >= 15 is 0 Å². The van der Waals surface area contributed by atoms with Crippen molar-refractivity contribution in [1.82, 2.24) is 34.9 Å². The second kappa shape index (κ2) is 27.4. The summed E-state index contributed by atoms with van der Waals surface area (Å²) in [5.41, 5.74) is 22.5. The molecular formula is C67H57Ir3N9-4. The van der Waals surface area contributed by atoms with Crippen molar-refractivity contribution in [3.63, 3.8) is 0 Å². The van der Waals surface area contributed by atoms with Gasteiger partial charge in [-0.2, -0.15) is 92.9 Å². The molecular weight excluding hydrogens is 1510 g/mol. The molecule has 0 bridgehead atoms. The Morgan fingerprint density at radius 2 is 0.810 bits per heavy atom. The quantitative estimate of drug-likeness (QED) is 0.134. The zero-order valence-electron chi connectivity index (χ0n) is 44.8.